The number of nitrogens with one attached hydrogen (secondary N) is 1. The molecule has 0 aromatic heterocycles. The summed E-state index contributed by atoms with van der Waals surface area (Å²) in [5, 5.41) is 13.5. The second kappa shape index (κ2) is 6.50. The van der Waals surface area contributed by atoms with Crippen LogP contribution in [0.1, 0.15) is 5.56 Å². The summed E-state index contributed by atoms with van der Waals surface area (Å²) in [6, 6.07) is 3.21. The zero-order chi connectivity index (χ0) is 13.5. The molecule has 0 spiro atoms. The molecule has 1 rings (SSSR count). The van der Waals surface area contributed by atoms with Crippen LogP contribution in [0.4, 0.5) is 14.9 Å². The Morgan fingerprint density at radius 2 is 2.28 bits per heavy atom. The molecule has 0 radical (unpaired) electrons. The first-order valence-electron chi connectivity index (χ1n) is 5.06. The predicted octanol–water partition coefficient (Wildman–Crippen LogP) is 0.919. The van der Waals surface area contributed by atoms with E-state index in [0.717, 1.165) is 18.2 Å². The Bertz CT molecular complexity index is 453. The number of hydrogen-bond acceptors (Lipinski definition) is 5. The van der Waals surface area contributed by atoms with Gasteiger partial charge in [0.25, 0.3) is 5.69 Å². The lowest BCUT2D eigenvalue weighted by atomic mass is 10.1. The lowest BCUT2D eigenvalue weighted by Crippen LogP contribution is -2.23. The average Bonchev–Trinajstić information content (AvgIpc) is 2.27. The minimum absolute atomic E-state index is 0.0401. The molecule has 98 valence electrons. The molecule has 0 bridgehead atoms. The molecule has 7 nitrogen and oxygen atoms in total. The van der Waals surface area contributed by atoms with Crippen molar-refractivity contribution in [3.63, 3.8) is 0 Å². The number of hydrogen-bond donors (Lipinski definition) is 2. The molecule has 0 aliphatic rings. The highest BCUT2D eigenvalue weighted by atomic mass is 19.1. The molecule has 0 aliphatic carbocycles. The van der Waals surface area contributed by atoms with E-state index in [0.29, 0.717) is 0 Å². The van der Waals surface area contributed by atoms with Crippen LogP contribution in [0.3, 0.4) is 0 Å². The second-order valence-electron chi connectivity index (χ2n) is 3.37. The smallest absolute Gasteiger partial charge is 0.404 e. The standard InChI is InChI=1S/C10H12FN3O4/c11-8-1-2-9(14(16)17)7(5-8)6-13-3-4-18-10(12)15/h1-2,5,13H,3-4,6H2,(H2,12,15). The lowest BCUT2D eigenvalue weighted by molar-refractivity contribution is -0.385. The molecule has 1 aromatic rings. The number of amides is 1. The van der Waals surface area contributed by atoms with Gasteiger partial charge in [0.2, 0.25) is 0 Å². The van der Waals surface area contributed by atoms with Crippen molar-refractivity contribution in [1.29, 1.82) is 0 Å². The van der Waals surface area contributed by atoms with E-state index >= 15 is 0 Å². The average molecular weight is 257 g/mol. The van der Waals surface area contributed by atoms with Crippen LogP contribution in [0.2, 0.25) is 0 Å². The van der Waals surface area contributed by atoms with E-state index in [2.05, 4.69) is 10.1 Å². The number of rotatable bonds is 6. The van der Waals surface area contributed by atoms with E-state index in [1.54, 1.807) is 0 Å². The Morgan fingerprint density at radius 1 is 1.56 bits per heavy atom. The highest BCUT2D eigenvalue weighted by molar-refractivity contribution is 5.64. The van der Waals surface area contributed by atoms with Crippen molar-refractivity contribution in [2.75, 3.05) is 13.2 Å². The summed E-state index contributed by atoms with van der Waals surface area (Å²) in [5.74, 6) is -0.550. The molecule has 18 heavy (non-hydrogen) atoms. The Labute approximate surface area is 102 Å². The monoisotopic (exact) mass is 257 g/mol. The molecule has 1 amide bonds. The van der Waals surface area contributed by atoms with Gasteiger partial charge in [0, 0.05) is 24.7 Å². The number of primary amides is 1. The summed E-state index contributed by atoms with van der Waals surface area (Å²) in [4.78, 5) is 20.3. The van der Waals surface area contributed by atoms with Crippen molar-refractivity contribution >= 4 is 11.8 Å². The number of nitrogens with zero attached hydrogens (tertiary/aromatic N) is 1. The van der Waals surface area contributed by atoms with E-state index < -0.39 is 16.8 Å². The lowest BCUT2D eigenvalue weighted by Gasteiger charge is -2.06. The fraction of sp³-hybridized carbons (Fsp3) is 0.300. The minimum Gasteiger partial charge on any atom is -0.448 e. The first kappa shape index (κ1) is 13.8. The molecule has 0 aliphatic heterocycles. The summed E-state index contributed by atoms with van der Waals surface area (Å²) < 4.78 is 17.4. The van der Waals surface area contributed by atoms with Crippen molar-refractivity contribution in [1.82, 2.24) is 5.32 Å². The third-order valence-corrected chi connectivity index (χ3v) is 2.08. The van der Waals surface area contributed by atoms with Crippen LogP contribution in [0.5, 0.6) is 0 Å². The molecular weight excluding hydrogens is 245 g/mol. The number of nitrogens with two attached hydrogens (primary N) is 1. The maximum Gasteiger partial charge on any atom is 0.404 e. The number of ether oxygens (including phenoxy) is 1. The van der Waals surface area contributed by atoms with E-state index in [9.17, 15) is 19.3 Å². The maximum atomic E-state index is 13.0. The number of carbonyl (C=O) groups is 1. The second-order valence-corrected chi connectivity index (χ2v) is 3.37. The van der Waals surface area contributed by atoms with Gasteiger partial charge in [0.1, 0.15) is 12.4 Å². The van der Waals surface area contributed by atoms with Gasteiger partial charge in [-0.3, -0.25) is 10.1 Å². The molecule has 0 unspecified atom stereocenters. The van der Waals surface area contributed by atoms with Crippen LogP contribution in [0, 0.1) is 15.9 Å². The Morgan fingerprint density at radius 3 is 2.89 bits per heavy atom. The Hall–Kier alpha value is -2.22. The highest BCUT2D eigenvalue weighted by Gasteiger charge is 2.13. The van der Waals surface area contributed by atoms with Gasteiger partial charge in [-0.2, -0.15) is 0 Å². The Balaban J connectivity index is 2.53. The van der Waals surface area contributed by atoms with Gasteiger partial charge >= 0.3 is 6.09 Å². The van der Waals surface area contributed by atoms with E-state index in [1.165, 1.54) is 0 Å². The van der Waals surface area contributed by atoms with Crippen molar-refractivity contribution in [2.24, 2.45) is 5.73 Å². The molecular formula is C10H12FN3O4. The quantitative estimate of drug-likeness (QED) is 0.447. The number of benzene rings is 1. The molecule has 0 heterocycles. The summed E-state index contributed by atoms with van der Waals surface area (Å²) in [6.07, 6.45) is -0.895. The number of nitro groups is 1. The molecule has 0 saturated heterocycles. The van der Waals surface area contributed by atoms with E-state index in [-0.39, 0.29) is 30.9 Å². The van der Waals surface area contributed by atoms with Gasteiger partial charge in [-0.15, -0.1) is 0 Å². The zero-order valence-electron chi connectivity index (χ0n) is 9.39. The van der Waals surface area contributed by atoms with Crippen LogP contribution < -0.4 is 11.1 Å². The number of nitro benzene ring substituents is 1. The first-order chi connectivity index (χ1) is 8.50. The van der Waals surface area contributed by atoms with E-state index in [4.69, 9.17) is 5.73 Å². The SMILES string of the molecule is NC(=O)OCCNCc1cc(F)ccc1[N+](=O)[O-]. The van der Waals surface area contributed by atoms with Crippen LogP contribution in [0.25, 0.3) is 0 Å². The highest BCUT2D eigenvalue weighted by Crippen LogP contribution is 2.19. The normalized spacial score (nSPS) is 10.1. The van der Waals surface area contributed by atoms with Crippen molar-refractivity contribution < 1.29 is 18.8 Å². The minimum atomic E-state index is -0.895. The zero-order valence-corrected chi connectivity index (χ0v) is 9.39. The summed E-state index contributed by atoms with van der Waals surface area (Å²) >= 11 is 0. The molecule has 8 heteroatoms. The topological polar surface area (TPSA) is 107 Å². The molecule has 1 aromatic carbocycles. The van der Waals surface area contributed by atoms with Gasteiger partial charge in [-0.1, -0.05) is 0 Å². The summed E-state index contributed by atoms with van der Waals surface area (Å²) in [5.41, 5.74) is 4.80. The molecule has 3 N–H and O–H groups in total. The van der Waals surface area contributed by atoms with Gasteiger partial charge < -0.3 is 15.8 Å². The largest absolute Gasteiger partial charge is 0.448 e. The van der Waals surface area contributed by atoms with Crippen molar-refractivity contribution in [3.05, 3.63) is 39.7 Å². The van der Waals surface area contributed by atoms with Crippen LogP contribution >= 0.6 is 0 Å². The van der Waals surface area contributed by atoms with Gasteiger partial charge in [-0.05, 0) is 12.1 Å². The van der Waals surface area contributed by atoms with Gasteiger partial charge in [0.15, 0.2) is 0 Å². The van der Waals surface area contributed by atoms with Gasteiger partial charge in [0.05, 0.1) is 4.92 Å². The van der Waals surface area contributed by atoms with Gasteiger partial charge in [-0.25, -0.2) is 9.18 Å². The van der Waals surface area contributed by atoms with Crippen LogP contribution in [-0.4, -0.2) is 24.2 Å². The van der Waals surface area contributed by atoms with Crippen molar-refractivity contribution in [2.45, 2.75) is 6.54 Å². The van der Waals surface area contributed by atoms with E-state index in [1.807, 2.05) is 0 Å². The first-order valence-corrected chi connectivity index (χ1v) is 5.06. The number of halogens is 1. The maximum absolute atomic E-state index is 13.0. The predicted molar refractivity (Wildman–Crippen MR) is 60.3 cm³/mol. The van der Waals surface area contributed by atoms with Crippen molar-refractivity contribution in [3.8, 4) is 0 Å². The number of carbonyl (C=O) groups excluding carboxylic acids is 1. The summed E-state index contributed by atoms with van der Waals surface area (Å²) in [6.45, 7) is 0.394. The molecule has 0 atom stereocenters. The molecule has 0 saturated carbocycles. The third-order valence-electron chi connectivity index (χ3n) is 2.08. The fourth-order valence-corrected chi connectivity index (χ4v) is 1.32. The Kier molecular flexibility index (Phi) is 5.00. The fourth-order valence-electron chi connectivity index (χ4n) is 1.32. The third kappa shape index (κ3) is 4.34. The van der Waals surface area contributed by atoms with Crippen LogP contribution in [-0.2, 0) is 11.3 Å². The van der Waals surface area contributed by atoms with Crippen LogP contribution in [0.15, 0.2) is 18.2 Å². The summed E-state index contributed by atoms with van der Waals surface area (Å²) in [7, 11) is 0. The molecule has 0 fully saturated rings.